The van der Waals surface area contributed by atoms with Gasteiger partial charge in [-0.05, 0) is 30.9 Å². The summed E-state index contributed by atoms with van der Waals surface area (Å²) in [6.07, 6.45) is 4.57. The summed E-state index contributed by atoms with van der Waals surface area (Å²) in [5.74, 6) is 1.26. The number of hydrogen-bond acceptors (Lipinski definition) is 4. The Hall–Kier alpha value is -1.27. The summed E-state index contributed by atoms with van der Waals surface area (Å²) in [5.41, 5.74) is 0. The van der Waals surface area contributed by atoms with Crippen LogP contribution >= 0.6 is 0 Å². The second kappa shape index (κ2) is 6.45. The van der Waals surface area contributed by atoms with Gasteiger partial charge in [-0.15, -0.1) is 0 Å². The summed E-state index contributed by atoms with van der Waals surface area (Å²) >= 11 is 0. The van der Waals surface area contributed by atoms with Crippen molar-refractivity contribution in [1.82, 2.24) is 4.72 Å². The van der Waals surface area contributed by atoms with Crippen molar-refractivity contribution in [2.45, 2.75) is 30.6 Å². The molecule has 0 unspecified atom stereocenters. The predicted octanol–water partition coefficient (Wildman–Crippen LogP) is 2.17. The first-order valence-electron chi connectivity index (χ1n) is 6.78. The molecule has 0 amide bonds. The maximum Gasteiger partial charge on any atom is 0.244 e. The van der Waals surface area contributed by atoms with Gasteiger partial charge in [0.15, 0.2) is 0 Å². The van der Waals surface area contributed by atoms with Gasteiger partial charge in [-0.2, -0.15) is 0 Å². The van der Waals surface area contributed by atoms with Crippen molar-refractivity contribution in [3.63, 3.8) is 0 Å². The highest BCUT2D eigenvalue weighted by Crippen LogP contribution is 2.29. The molecule has 2 rings (SSSR count). The number of nitrogens with one attached hydrogen (secondary N) is 1. The number of ether oxygens (including phenoxy) is 2. The summed E-state index contributed by atoms with van der Waals surface area (Å²) < 4.78 is 37.7. The second-order valence-electron chi connectivity index (χ2n) is 5.02. The molecule has 0 bridgehead atoms. The molecule has 1 N–H and O–H groups in total. The Balaban J connectivity index is 2.18. The molecule has 6 heteroatoms. The molecule has 1 fully saturated rings. The highest BCUT2D eigenvalue weighted by Gasteiger charge is 2.23. The van der Waals surface area contributed by atoms with Crippen LogP contribution < -0.4 is 14.2 Å². The average molecular weight is 299 g/mol. The molecule has 112 valence electrons. The van der Waals surface area contributed by atoms with Crippen molar-refractivity contribution in [2.75, 3.05) is 20.8 Å². The van der Waals surface area contributed by atoms with Crippen molar-refractivity contribution in [3.8, 4) is 11.5 Å². The van der Waals surface area contributed by atoms with E-state index in [1.807, 2.05) is 0 Å². The Bertz CT molecular complexity index is 550. The minimum absolute atomic E-state index is 0.123. The number of hydrogen-bond donors (Lipinski definition) is 1. The molecule has 0 aliphatic heterocycles. The van der Waals surface area contributed by atoms with Crippen molar-refractivity contribution in [2.24, 2.45) is 5.92 Å². The molecule has 0 atom stereocenters. The van der Waals surface area contributed by atoms with Crippen LogP contribution in [0.3, 0.4) is 0 Å². The molecule has 1 aliphatic carbocycles. The molecular formula is C14H21NO4S. The summed E-state index contributed by atoms with van der Waals surface area (Å²) in [6, 6.07) is 4.76. The van der Waals surface area contributed by atoms with Gasteiger partial charge in [-0.3, -0.25) is 0 Å². The third-order valence-electron chi connectivity index (χ3n) is 3.70. The summed E-state index contributed by atoms with van der Waals surface area (Å²) in [5, 5.41) is 0. The minimum atomic E-state index is -3.58. The van der Waals surface area contributed by atoms with Gasteiger partial charge in [0, 0.05) is 12.6 Å². The molecule has 1 aromatic carbocycles. The molecule has 20 heavy (non-hydrogen) atoms. The Labute approximate surface area is 120 Å². The summed E-state index contributed by atoms with van der Waals surface area (Å²) in [6.45, 7) is 0.489. The average Bonchev–Trinajstić information content (AvgIpc) is 2.98. The van der Waals surface area contributed by atoms with E-state index in [1.54, 1.807) is 12.1 Å². The zero-order valence-corrected chi connectivity index (χ0v) is 12.7. The van der Waals surface area contributed by atoms with Gasteiger partial charge in [0.05, 0.1) is 14.2 Å². The zero-order chi connectivity index (χ0) is 14.6. The third kappa shape index (κ3) is 3.43. The monoisotopic (exact) mass is 299 g/mol. The fraction of sp³-hybridized carbons (Fsp3) is 0.571. The lowest BCUT2D eigenvalue weighted by atomic mass is 10.1. The highest BCUT2D eigenvalue weighted by atomic mass is 32.2. The van der Waals surface area contributed by atoms with Crippen LogP contribution in [0.1, 0.15) is 25.7 Å². The molecule has 0 radical (unpaired) electrons. The zero-order valence-electron chi connectivity index (χ0n) is 11.9. The third-order valence-corrected chi connectivity index (χ3v) is 5.14. The SMILES string of the molecule is COc1ccc(OC)c(S(=O)(=O)NCC2CCCC2)c1. The van der Waals surface area contributed by atoms with E-state index in [1.165, 1.54) is 33.1 Å². The molecule has 0 saturated heterocycles. The number of sulfonamides is 1. The first-order chi connectivity index (χ1) is 9.56. The van der Waals surface area contributed by atoms with E-state index in [0.717, 1.165) is 12.8 Å². The lowest BCUT2D eigenvalue weighted by Gasteiger charge is -2.14. The van der Waals surface area contributed by atoms with Crippen LogP contribution in [0.15, 0.2) is 23.1 Å². The normalized spacial score (nSPS) is 16.3. The summed E-state index contributed by atoms with van der Waals surface area (Å²) in [4.78, 5) is 0.123. The van der Waals surface area contributed by atoms with E-state index in [0.29, 0.717) is 24.0 Å². The number of methoxy groups -OCH3 is 2. The molecule has 1 aromatic rings. The van der Waals surface area contributed by atoms with Gasteiger partial charge < -0.3 is 9.47 Å². The van der Waals surface area contributed by atoms with Gasteiger partial charge in [0.1, 0.15) is 16.4 Å². The highest BCUT2D eigenvalue weighted by molar-refractivity contribution is 7.89. The van der Waals surface area contributed by atoms with Gasteiger partial charge in [-0.25, -0.2) is 13.1 Å². The van der Waals surface area contributed by atoms with E-state index >= 15 is 0 Å². The van der Waals surface area contributed by atoms with Crippen LogP contribution in [0, 0.1) is 5.92 Å². The maximum absolute atomic E-state index is 12.4. The van der Waals surface area contributed by atoms with E-state index in [9.17, 15) is 8.42 Å². The lowest BCUT2D eigenvalue weighted by molar-refractivity contribution is 0.391. The van der Waals surface area contributed by atoms with E-state index in [4.69, 9.17) is 9.47 Å². The fourth-order valence-corrected chi connectivity index (χ4v) is 3.81. The molecule has 5 nitrogen and oxygen atoms in total. The van der Waals surface area contributed by atoms with Crippen molar-refractivity contribution in [3.05, 3.63) is 18.2 Å². The quantitative estimate of drug-likeness (QED) is 0.874. The Kier molecular flexibility index (Phi) is 4.88. The van der Waals surface area contributed by atoms with Crippen molar-refractivity contribution >= 4 is 10.0 Å². The van der Waals surface area contributed by atoms with E-state index in [-0.39, 0.29) is 4.90 Å². The van der Waals surface area contributed by atoms with Crippen LogP contribution in [0.25, 0.3) is 0 Å². The Morgan fingerprint density at radius 2 is 1.90 bits per heavy atom. The van der Waals surface area contributed by atoms with E-state index in [2.05, 4.69) is 4.72 Å². The Morgan fingerprint density at radius 1 is 1.20 bits per heavy atom. The molecular weight excluding hydrogens is 278 g/mol. The van der Waals surface area contributed by atoms with Crippen LogP contribution in [-0.2, 0) is 10.0 Å². The van der Waals surface area contributed by atoms with Gasteiger partial charge in [0.25, 0.3) is 0 Å². The van der Waals surface area contributed by atoms with Gasteiger partial charge in [0.2, 0.25) is 10.0 Å². The maximum atomic E-state index is 12.4. The number of benzene rings is 1. The smallest absolute Gasteiger partial charge is 0.244 e. The predicted molar refractivity (Wildman–Crippen MR) is 76.7 cm³/mol. The van der Waals surface area contributed by atoms with Crippen molar-refractivity contribution in [1.29, 1.82) is 0 Å². The molecule has 0 heterocycles. The van der Waals surface area contributed by atoms with Gasteiger partial charge >= 0.3 is 0 Å². The van der Waals surface area contributed by atoms with Crippen LogP contribution in [-0.4, -0.2) is 29.2 Å². The Morgan fingerprint density at radius 3 is 2.50 bits per heavy atom. The van der Waals surface area contributed by atoms with Crippen LogP contribution in [0.4, 0.5) is 0 Å². The lowest BCUT2D eigenvalue weighted by Crippen LogP contribution is -2.28. The van der Waals surface area contributed by atoms with Crippen LogP contribution in [0.2, 0.25) is 0 Å². The van der Waals surface area contributed by atoms with Crippen LogP contribution in [0.5, 0.6) is 11.5 Å². The number of rotatable bonds is 6. The minimum Gasteiger partial charge on any atom is -0.497 e. The second-order valence-corrected chi connectivity index (χ2v) is 6.75. The standard InChI is InChI=1S/C14H21NO4S/c1-18-12-7-8-13(19-2)14(9-12)20(16,17)15-10-11-5-3-4-6-11/h7-9,11,15H,3-6,10H2,1-2H3. The molecule has 0 spiro atoms. The van der Waals surface area contributed by atoms with E-state index < -0.39 is 10.0 Å². The largest absolute Gasteiger partial charge is 0.497 e. The topological polar surface area (TPSA) is 64.6 Å². The first-order valence-corrected chi connectivity index (χ1v) is 8.27. The fourth-order valence-electron chi connectivity index (χ4n) is 2.51. The molecule has 1 aliphatic rings. The summed E-state index contributed by atoms with van der Waals surface area (Å²) in [7, 11) is -0.618. The van der Waals surface area contributed by atoms with Gasteiger partial charge in [-0.1, -0.05) is 12.8 Å². The molecule has 0 aromatic heterocycles. The first kappa shape index (κ1) is 15.1. The molecule has 1 saturated carbocycles. The van der Waals surface area contributed by atoms with Crippen molar-refractivity contribution < 1.29 is 17.9 Å².